The number of primary amides is 1. The minimum absolute atomic E-state index is 0.0219. The Labute approximate surface area is 96.3 Å². The molecule has 1 saturated carbocycles. The van der Waals surface area contributed by atoms with Crippen LogP contribution in [0.15, 0.2) is 10.5 Å². The number of aromatic nitrogens is 1. The maximum Gasteiger partial charge on any atom is 0.273 e. The van der Waals surface area contributed by atoms with Crippen LogP contribution in [0, 0.1) is 5.92 Å². The maximum absolute atomic E-state index is 11.1. The van der Waals surface area contributed by atoms with Crippen LogP contribution >= 0.6 is 11.3 Å². The molecule has 1 aromatic heterocycles. The number of thiazole rings is 1. The Bertz CT molecular complexity index is 425. The van der Waals surface area contributed by atoms with Crippen molar-refractivity contribution >= 4 is 28.1 Å². The van der Waals surface area contributed by atoms with Crippen molar-refractivity contribution in [1.82, 2.24) is 4.98 Å². The van der Waals surface area contributed by atoms with Gasteiger partial charge in [0.2, 0.25) is 0 Å². The average Bonchev–Trinajstić information content (AvgIpc) is 2.95. The second-order valence-corrected chi connectivity index (χ2v) is 4.50. The van der Waals surface area contributed by atoms with Gasteiger partial charge >= 0.3 is 0 Å². The highest BCUT2D eigenvalue weighted by Crippen LogP contribution is 2.28. The smallest absolute Gasteiger partial charge is 0.273 e. The quantitative estimate of drug-likeness (QED) is 0.572. The summed E-state index contributed by atoms with van der Waals surface area (Å²) in [5.41, 5.74) is 11.0. The molecule has 1 fully saturated rings. The Morgan fingerprint density at radius 3 is 2.94 bits per heavy atom. The minimum atomic E-state index is -0.666. The lowest BCUT2D eigenvalue weighted by molar-refractivity contribution is -0.112. The molecular formula is C9H12N4O2S. The van der Waals surface area contributed by atoms with Crippen LogP contribution in [0.1, 0.15) is 18.5 Å². The van der Waals surface area contributed by atoms with Gasteiger partial charge in [-0.15, -0.1) is 11.3 Å². The van der Waals surface area contributed by atoms with Crippen LogP contribution in [-0.4, -0.2) is 23.2 Å². The number of amides is 1. The number of carbonyl (C=O) groups excluding carboxylic acids is 1. The predicted octanol–water partition coefficient (Wildman–Crippen LogP) is 0.341. The molecule has 0 spiro atoms. The molecule has 7 heteroatoms. The SMILES string of the molecule is NC(=O)/C(=N/OCC1CC1)c1csc(N)n1. The Morgan fingerprint density at radius 2 is 2.44 bits per heavy atom. The Morgan fingerprint density at radius 1 is 1.69 bits per heavy atom. The first kappa shape index (κ1) is 10.9. The van der Waals surface area contributed by atoms with Gasteiger partial charge < -0.3 is 16.3 Å². The van der Waals surface area contributed by atoms with E-state index in [4.69, 9.17) is 16.3 Å². The lowest BCUT2D eigenvalue weighted by Gasteiger charge is -1.99. The van der Waals surface area contributed by atoms with Gasteiger partial charge in [0.1, 0.15) is 12.3 Å². The molecule has 0 bridgehead atoms. The Hall–Kier alpha value is -1.63. The van der Waals surface area contributed by atoms with Crippen molar-refractivity contribution in [2.45, 2.75) is 12.8 Å². The lowest BCUT2D eigenvalue weighted by Crippen LogP contribution is -2.25. The minimum Gasteiger partial charge on any atom is -0.395 e. The highest BCUT2D eigenvalue weighted by molar-refractivity contribution is 7.13. The van der Waals surface area contributed by atoms with E-state index in [2.05, 4.69) is 10.1 Å². The normalized spacial score (nSPS) is 16.1. The number of nitrogens with zero attached hydrogens (tertiary/aromatic N) is 2. The van der Waals surface area contributed by atoms with Crippen LogP contribution in [-0.2, 0) is 9.63 Å². The fourth-order valence-electron chi connectivity index (χ4n) is 1.11. The molecule has 1 amide bonds. The number of rotatable bonds is 5. The van der Waals surface area contributed by atoms with Crippen molar-refractivity contribution < 1.29 is 9.63 Å². The van der Waals surface area contributed by atoms with Crippen molar-refractivity contribution in [3.8, 4) is 0 Å². The largest absolute Gasteiger partial charge is 0.395 e. The summed E-state index contributed by atoms with van der Waals surface area (Å²) in [5, 5.41) is 5.71. The van der Waals surface area contributed by atoms with Gasteiger partial charge in [-0.1, -0.05) is 5.16 Å². The average molecular weight is 240 g/mol. The van der Waals surface area contributed by atoms with E-state index in [9.17, 15) is 4.79 Å². The summed E-state index contributed by atoms with van der Waals surface area (Å²) >= 11 is 1.22. The molecule has 0 radical (unpaired) electrons. The standard InChI is InChI=1S/C9H12N4O2S/c10-8(14)7(6-4-16-9(11)12-6)13-15-3-5-1-2-5/h4-5H,1-3H2,(H2,10,14)(H2,11,12)/b13-7+. The molecule has 0 saturated heterocycles. The summed E-state index contributed by atoms with van der Waals surface area (Å²) in [7, 11) is 0. The van der Waals surface area contributed by atoms with Gasteiger partial charge in [0, 0.05) is 5.38 Å². The molecule has 4 N–H and O–H groups in total. The molecule has 2 rings (SSSR count). The van der Waals surface area contributed by atoms with Crippen LogP contribution < -0.4 is 11.5 Å². The van der Waals surface area contributed by atoms with Crippen molar-refractivity contribution in [2.75, 3.05) is 12.3 Å². The zero-order valence-electron chi connectivity index (χ0n) is 8.55. The van der Waals surface area contributed by atoms with E-state index in [0.717, 1.165) is 12.8 Å². The zero-order chi connectivity index (χ0) is 11.5. The van der Waals surface area contributed by atoms with Crippen molar-refractivity contribution in [1.29, 1.82) is 0 Å². The fourth-order valence-corrected chi connectivity index (χ4v) is 1.65. The summed E-state index contributed by atoms with van der Waals surface area (Å²) < 4.78 is 0. The van der Waals surface area contributed by atoms with Gasteiger partial charge in [0.05, 0.1) is 0 Å². The molecule has 1 aliphatic rings. The predicted molar refractivity (Wildman–Crippen MR) is 60.9 cm³/mol. The summed E-state index contributed by atoms with van der Waals surface area (Å²) in [5.74, 6) is -0.0977. The first-order valence-electron chi connectivity index (χ1n) is 4.88. The van der Waals surface area contributed by atoms with Gasteiger partial charge in [0.25, 0.3) is 5.91 Å². The molecule has 86 valence electrons. The van der Waals surface area contributed by atoms with Gasteiger partial charge in [-0.25, -0.2) is 4.98 Å². The third-order valence-electron chi connectivity index (χ3n) is 2.16. The topological polar surface area (TPSA) is 104 Å². The molecule has 0 aromatic carbocycles. The molecule has 6 nitrogen and oxygen atoms in total. The highest BCUT2D eigenvalue weighted by Gasteiger charge is 2.22. The Kier molecular flexibility index (Phi) is 3.04. The third kappa shape index (κ3) is 2.69. The van der Waals surface area contributed by atoms with E-state index >= 15 is 0 Å². The molecule has 0 aliphatic heterocycles. The van der Waals surface area contributed by atoms with Crippen LogP contribution in [0.2, 0.25) is 0 Å². The second kappa shape index (κ2) is 4.48. The first-order chi connectivity index (χ1) is 7.66. The van der Waals surface area contributed by atoms with E-state index < -0.39 is 5.91 Å². The van der Waals surface area contributed by atoms with E-state index in [0.29, 0.717) is 23.4 Å². The molecule has 1 aromatic rings. The van der Waals surface area contributed by atoms with Crippen LogP contribution in [0.5, 0.6) is 0 Å². The van der Waals surface area contributed by atoms with E-state index in [1.165, 1.54) is 11.3 Å². The number of nitrogens with two attached hydrogens (primary N) is 2. The maximum atomic E-state index is 11.1. The number of anilines is 1. The summed E-state index contributed by atoms with van der Waals surface area (Å²) in [4.78, 5) is 20.1. The monoisotopic (exact) mass is 240 g/mol. The van der Waals surface area contributed by atoms with Crippen molar-refractivity contribution in [3.05, 3.63) is 11.1 Å². The van der Waals surface area contributed by atoms with Crippen molar-refractivity contribution in [2.24, 2.45) is 16.8 Å². The zero-order valence-corrected chi connectivity index (χ0v) is 9.37. The van der Waals surface area contributed by atoms with Gasteiger partial charge in [-0.3, -0.25) is 4.79 Å². The summed E-state index contributed by atoms with van der Waals surface area (Å²) in [6.07, 6.45) is 2.32. The summed E-state index contributed by atoms with van der Waals surface area (Å²) in [6.45, 7) is 0.524. The number of hydrogen-bond acceptors (Lipinski definition) is 6. The van der Waals surface area contributed by atoms with Crippen molar-refractivity contribution in [3.63, 3.8) is 0 Å². The molecule has 0 unspecified atom stereocenters. The van der Waals surface area contributed by atoms with Gasteiger partial charge in [-0.2, -0.15) is 0 Å². The van der Waals surface area contributed by atoms with E-state index in [-0.39, 0.29) is 5.71 Å². The number of nitrogen functional groups attached to an aromatic ring is 1. The van der Waals surface area contributed by atoms with E-state index in [1.807, 2.05) is 0 Å². The molecular weight excluding hydrogens is 228 g/mol. The third-order valence-corrected chi connectivity index (χ3v) is 2.83. The highest BCUT2D eigenvalue weighted by atomic mass is 32.1. The van der Waals surface area contributed by atoms with Crippen LogP contribution in [0.3, 0.4) is 0 Å². The number of carbonyl (C=O) groups is 1. The van der Waals surface area contributed by atoms with E-state index in [1.54, 1.807) is 5.38 Å². The lowest BCUT2D eigenvalue weighted by atomic mass is 10.3. The van der Waals surface area contributed by atoms with Gasteiger partial charge in [-0.05, 0) is 18.8 Å². The second-order valence-electron chi connectivity index (χ2n) is 3.61. The summed E-state index contributed by atoms with van der Waals surface area (Å²) in [6, 6.07) is 0. The van der Waals surface area contributed by atoms with Crippen LogP contribution in [0.4, 0.5) is 5.13 Å². The Balaban J connectivity index is 2.06. The fraction of sp³-hybridized carbons (Fsp3) is 0.444. The van der Waals surface area contributed by atoms with Gasteiger partial charge in [0.15, 0.2) is 10.8 Å². The number of oxime groups is 1. The molecule has 1 aliphatic carbocycles. The molecule has 0 atom stereocenters. The molecule has 1 heterocycles. The molecule has 16 heavy (non-hydrogen) atoms. The number of hydrogen-bond donors (Lipinski definition) is 2. The van der Waals surface area contributed by atoms with Crippen LogP contribution in [0.25, 0.3) is 0 Å². The first-order valence-corrected chi connectivity index (χ1v) is 5.76.